The lowest BCUT2D eigenvalue weighted by Gasteiger charge is -2.19. The molecule has 222 valence electrons. The van der Waals surface area contributed by atoms with Gasteiger partial charge in [0.05, 0.1) is 38.1 Å². The molecule has 0 bridgehead atoms. The summed E-state index contributed by atoms with van der Waals surface area (Å²) in [6.07, 6.45) is -2.97. The average molecular weight is 571 g/mol. The van der Waals surface area contributed by atoms with Gasteiger partial charge in [-0.1, -0.05) is 12.1 Å². The molecule has 0 aliphatic carbocycles. The van der Waals surface area contributed by atoms with Gasteiger partial charge in [-0.05, 0) is 45.7 Å². The highest BCUT2D eigenvalue weighted by Gasteiger charge is 2.30. The lowest BCUT2D eigenvalue weighted by Crippen LogP contribution is -2.34. The van der Waals surface area contributed by atoms with Crippen LogP contribution < -0.4 is 16.0 Å². The summed E-state index contributed by atoms with van der Waals surface area (Å²) in [5.74, 6) is 0.778. The number of carbonyl (C=O) groups excluding carboxylic acids is 1. The van der Waals surface area contributed by atoms with Crippen molar-refractivity contribution in [3.05, 3.63) is 29.8 Å². The zero-order valence-corrected chi connectivity index (χ0v) is 23.0. The number of rotatable bonds is 14. The second kappa shape index (κ2) is 15.0. The van der Waals surface area contributed by atoms with Crippen molar-refractivity contribution in [2.75, 3.05) is 63.3 Å². The fourth-order valence-electron chi connectivity index (χ4n) is 3.58. The van der Waals surface area contributed by atoms with Crippen LogP contribution in [-0.4, -0.2) is 85.4 Å². The first kappa shape index (κ1) is 31.3. The molecular weight excluding hydrogens is 533 g/mol. The zero-order chi connectivity index (χ0) is 29.0. The molecule has 1 atom stereocenters. The van der Waals surface area contributed by atoms with Crippen molar-refractivity contribution in [1.29, 1.82) is 0 Å². The molecule has 14 heteroatoms. The fraction of sp³-hybridized carbons (Fsp3) is 0.615. The van der Waals surface area contributed by atoms with Gasteiger partial charge in [0.2, 0.25) is 11.9 Å². The molecule has 2 aromatic rings. The number of hydrogen-bond acceptors (Lipinski definition) is 10. The number of nitrogens with one attached hydrogen (secondary N) is 3. The predicted octanol–water partition coefficient (Wildman–Crippen LogP) is 4.12. The summed E-state index contributed by atoms with van der Waals surface area (Å²) in [5, 5.41) is 8.80. The van der Waals surface area contributed by atoms with Crippen molar-refractivity contribution in [2.24, 2.45) is 0 Å². The third-order valence-corrected chi connectivity index (χ3v) is 5.43. The number of hydrogen-bond donors (Lipinski definition) is 3. The van der Waals surface area contributed by atoms with Crippen LogP contribution in [0.5, 0.6) is 0 Å². The third kappa shape index (κ3) is 11.5. The molecule has 1 aliphatic rings. The number of alkyl halides is 3. The molecule has 1 aliphatic heterocycles. The van der Waals surface area contributed by atoms with Gasteiger partial charge in [0.25, 0.3) is 0 Å². The highest BCUT2D eigenvalue weighted by atomic mass is 19.4. The van der Waals surface area contributed by atoms with Crippen molar-refractivity contribution in [1.82, 2.24) is 20.3 Å². The van der Waals surface area contributed by atoms with Crippen molar-refractivity contribution in [2.45, 2.75) is 51.5 Å². The maximum absolute atomic E-state index is 13.0. The summed E-state index contributed by atoms with van der Waals surface area (Å²) in [6.45, 7) is 8.62. The van der Waals surface area contributed by atoms with Crippen LogP contribution in [0, 0.1) is 0 Å². The smallest absolute Gasteiger partial charge is 0.416 e. The molecule has 11 nitrogen and oxygen atoms in total. The summed E-state index contributed by atoms with van der Waals surface area (Å²) in [6, 6.07) is 4.65. The van der Waals surface area contributed by atoms with Gasteiger partial charge >= 0.3 is 12.3 Å². The average Bonchev–Trinajstić information content (AvgIpc) is 3.41. The van der Waals surface area contributed by atoms with Gasteiger partial charge in [-0.15, -0.1) is 0 Å². The lowest BCUT2D eigenvalue weighted by atomic mass is 10.1. The molecule has 1 aromatic carbocycles. The lowest BCUT2D eigenvalue weighted by molar-refractivity contribution is -0.137. The van der Waals surface area contributed by atoms with Gasteiger partial charge in [-0.25, -0.2) is 4.79 Å². The van der Waals surface area contributed by atoms with Gasteiger partial charge in [0.1, 0.15) is 5.60 Å². The minimum Gasteiger partial charge on any atom is -0.444 e. The summed E-state index contributed by atoms with van der Waals surface area (Å²) in [4.78, 5) is 24.7. The van der Waals surface area contributed by atoms with Crippen molar-refractivity contribution in [3.8, 4) is 11.4 Å². The highest BCUT2D eigenvalue weighted by molar-refractivity contribution is 5.67. The summed E-state index contributed by atoms with van der Waals surface area (Å²) in [5.41, 5.74) is -0.880. The Kier molecular flexibility index (Phi) is 11.7. The van der Waals surface area contributed by atoms with E-state index in [9.17, 15) is 18.0 Å². The molecule has 0 saturated carbocycles. The number of nitrogens with zero attached hydrogens (tertiary/aromatic N) is 3. The molecule has 0 radical (unpaired) electrons. The van der Waals surface area contributed by atoms with Gasteiger partial charge in [0.15, 0.2) is 5.82 Å². The van der Waals surface area contributed by atoms with E-state index < -0.39 is 23.4 Å². The first-order chi connectivity index (χ1) is 19.0. The Hall–Kier alpha value is -3.23. The molecule has 40 heavy (non-hydrogen) atoms. The van der Waals surface area contributed by atoms with Crippen LogP contribution in [0.25, 0.3) is 11.4 Å². The van der Waals surface area contributed by atoms with Crippen LogP contribution in [0.1, 0.15) is 39.2 Å². The number of aromatic nitrogens is 3. The topological polar surface area (TPSA) is 129 Å². The number of carbonyl (C=O) groups is 1. The van der Waals surface area contributed by atoms with Crippen LogP contribution in [0.2, 0.25) is 0 Å². The second-order valence-electron chi connectivity index (χ2n) is 9.98. The first-order valence-electron chi connectivity index (χ1n) is 13.1. The zero-order valence-electron chi connectivity index (χ0n) is 23.0. The normalized spacial score (nSPS) is 15.6. The number of amides is 1. The molecule has 1 saturated heterocycles. The molecular formula is C26H37F3N6O5. The molecule has 3 N–H and O–H groups in total. The minimum atomic E-state index is -4.43. The molecule has 1 aromatic heterocycles. The standard InChI is InChI=1S/C26H37F3N6O5/c1-25(2,3)40-24(36)31-11-14-38-16-15-37-13-10-30-22-33-21(18-6-8-19(9-7-18)26(27,28)29)34-23(35-22)32-17-20-5-4-12-39-20/h6-9,20H,4-5,10-17H2,1-3H3,(H,31,36)(H2,30,32,33,34,35). The van der Waals surface area contributed by atoms with Gasteiger partial charge in [-0.2, -0.15) is 28.1 Å². The van der Waals surface area contributed by atoms with Crippen LogP contribution in [0.3, 0.4) is 0 Å². The SMILES string of the molecule is CC(C)(C)OC(=O)NCCOCCOCCNc1nc(NCC2CCCO2)nc(-c2ccc(C(F)(F)F)cc2)n1. The maximum atomic E-state index is 13.0. The summed E-state index contributed by atoms with van der Waals surface area (Å²) < 4.78 is 60.6. The number of alkyl carbamates (subject to hydrolysis) is 1. The number of benzene rings is 1. The van der Waals surface area contributed by atoms with Crippen LogP contribution >= 0.6 is 0 Å². The molecule has 1 unspecified atom stereocenters. The largest absolute Gasteiger partial charge is 0.444 e. The van der Waals surface area contributed by atoms with E-state index >= 15 is 0 Å². The molecule has 1 fully saturated rings. The van der Waals surface area contributed by atoms with E-state index in [0.29, 0.717) is 58.2 Å². The Morgan fingerprint density at radius 3 is 2.20 bits per heavy atom. The third-order valence-electron chi connectivity index (χ3n) is 5.43. The number of anilines is 2. The van der Waals surface area contributed by atoms with E-state index in [0.717, 1.165) is 25.0 Å². The van der Waals surface area contributed by atoms with E-state index in [1.807, 2.05) is 0 Å². The Morgan fingerprint density at radius 2 is 1.60 bits per heavy atom. The van der Waals surface area contributed by atoms with Crippen LogP contribution in [0.4, 0.5) is 29.9 Å². The molecule has 2 heterocycles. The minimum absolute atomic E-state index is 0.0476. The first-order valence-corrected chi connectivity index (χ1v) is 13.1. The van der Waals surface area contributed by atoms with E-state index in [1.54, 1.807) is 20.8 Å². The van der Waals surface area contributed by atoms with Crippen molar-refractivity contribution in [3.63, 3.8) is 0 Å². The summed E-state index contributed by atoms with van der Waals surface area (Å²) >= 11 is 0. The van der Waals surface area contributed by atoms with E-state index in [-0.39, 0.29) is 23.8 Å². The fourth-order valence-corrected chi connectivity index (χ4v) is 3.58. The number of ether oxygens (including phenoxy) is 4. The van der Waals surface area contributed by atoms with Crippen LogP contribution in [-0.2, 0) is 25.1 Å². The van der Waals surface area contributed by atoms with Crippen LogP contribution in [0.15, 0.2) is 24.3 Å². The van der Waals surface area contributed by atoms with Gasteiger partial charge in [-0.3, -0.25) is 0 Å². The van der Waals surface area contributed by atoms with Gasteiger partial charge in [0, 0.05) is 31.8 Å². The Bertz CT molecular complexity index is 1060. The Morgan fingerprint density at radius 1 is 0.950 bits per heavy atom. The monoisotopic (exact) mass is 570 g/mol. The highest BCUT2D eigenvalue weighted by Crippen LogP contribution is 2.30. The molecule has 1 amide bonds. The van der Waals surface area contributed by atoms with E-state index in [2.05, 4.69) is 30.9 Å². The Labute approximate surface area is 231 Å². The quantitative estimate of drug-likeness (QED) is 0.285. The summed E-state index contributed by atoms with van der Waals surface area (Å²) in [7, 11) is 0. The van der Waals surface area contributed by atoms with Gasteiger partial charge < -0.3 is 34.9 Å². The number of halogens is 3. The predicted molar refractivity (Wildman–Crippen MR) is 142 cm³/mol. The molecule has 3 rings (SSSR count). The van der Waals surface area contributed by atoms with E-state index in [1.165, 1.54) is 12.1 Å². The molecule has 0 spiro atoms. The second-order valence-corrected chi connectivity index (χ2v) is 9.98. The van der Waals surface area contributed by atoms with E-state index in [4.69, 9.17) is 18.9 Å². The van der Waals surface area contributed by atoms with Crippen molar-refractivity contribution >= 4 is 18.0 Å². The maximum Gasteiger partial charge on any atom is 0.416 e. The Balaban J connectivity index is 1.44. The van der Waals surface area contributed by atoms with Crippen molar-refractivity contribution < 1.29 is 36.9 Å².